The minimum Gasteiger partial charge on any atom is -0.470 e. The van der Waals surface area contributed by atoms with Crippen molar-refractivity contribution in [3.8, 4) is 5.88 Å². The Kier molecular flexibility index (Phi) is 3.80. The molecule has 7 heteroatoms. The van der Waals surface area contributed by atoms with Crippen molar-refractivity contribution >= 4 is 27.5 Å². The van der Waals surface area contributed by atoms with Crippen LogP contribution in [0.5, 0.6) is 5.88 Å². The van der Waals surface area contributed by atoms with Crippen LogP contribution in [0.2, 0.25) is 5.15 Å². The number of hydrogen-bond acceptors (Lipinski definition) is 3. The molecule has 0 atom stereocenters. The molecule has 0 saturated heterocycles. The SMILES string of the molecule is FC(F)COc1ncc(Cl)nc1Br. The van der Waals surface area contributed by atoms with Gasteiger partial charge in [0.15, 0.2) is 11.2 Å². The van der Waals surface area contributed by atoms with Gasteiger partial charge in [-0.25, -0.2) is 18.7 Å². The fraction of sp³-hybridized carbons (Fsp3) is 0.333. The number of aromatic nitrogens is 2. The molecular formula is C6H4BrClF2N2O. The van der Waals surface area contributed by atoms with Crippen LogP contribution in [0.3, 0.4) is 0 Å². The zero-order valence-electron chi connectivity index (χ0n) is 6.18. The van der Waals surface area contributed by atoms with Gasteiger partial charge in [0, 0.05) is 0 Å². The first-order valence-electron chi connectivity index (χ1n) is 3.18. The van der Waals surface area contributed by atoms with Gasteiger partial charge in [0.25, 0.3) is 6.43 Å². The molecule has 1 aromatic rings. The Morgan fingerprint density at radius 3 is 2.85 bits per heavy atom. The molecule has 0 saturated carbocycles. The predicted octanol–water partition coefficient (Wildman–Crippen LogP) is 2.54. The van der Waals surface area contributed by atoms with E-state index in [0.717, 1.165) is 0 Å². The maximum absolute atomic E-state index is 11.7. The van der Waals surface area contributed by atoms with Crippen molar-refractivity contribution < 1.29 is 13.5 Å². The number of ether oxygens (including phenoxy) is 1. The molecule has 0 bridgehead atoms. The maximum Gasteiger partial charge on any atom is 0.272 e. The van der Waals surface area contributed by atoms with Crippen LogP contribution in [0.15, 0.2) is 10.8 Å². The summed E-state index contributed by atoms with van der Waals surface area (Å²) < 4.78 is 28.3. The fourth-order valence-electron chi connectivity index (χ4n) is 0.574. The van der Waals surface area contributed by atoms with Crippen molar-refractivity contribution in [3.05, 3.63) is 16.0 Å². The fourth-order valence-corrected chi connectivity index (χ4v) is 1.22. The van der Waals surface area contributed by atoms with Crippen LogP contribution in [-0.2, 0) is 0 Å². The largest absolute Gasteiger partial charge is 0.470 e. The van der Waals surface area contributed by atoms with Gasteiger partial charge in [0.1, 0.15) is 5.15 Å². The molecule has 0 aliphatic heterocycles. The predicted molar refractivity (Wildman–Crippen MR) is 46.2 cm³/mol. The Balaban J connectivity index is 2.67. The third-order valence-corrected chi connectivity index (χ3v) is 1.71. The van der Waals surface area contributed by atoms with Gasteiger partial charge in [0.05, 0.1) is 6.20 Å². The molecular weight excluding hydrogens is 269 g/mol. The molecule has 0 N–H and O–H groups in total. The van der Waals surface area contributed by atoms with E-state index in [9.17, 15) is 8.78 Å². The highest BCUT2D eigenvalue weighted by Crippen LogP contribution is 2.21. The highest BCUT2D eigenvalue weighted by molar-refractivity contribution is 9.10. The Morgan fingerprint density at radius 2 is 2.31 bits per heavy atom. The van der Waals surface area contributed by atoms with E-state index in [-0.39, 0.29) is 15.6 Å². The molecule has 3 nitrogen and oxygen atoms in total. The van der Waals surface area contributed by atoms with Gasteiger partial charge in [-0.15, -0.1) is 0 Å². The maximum atomic E-state index is 11.7. The van der Waals surface area contributed by atoms with Gasteiger partial charge < -0.3 is 4.74 Å². The molecule has 13 heavy (non-hydrogen) atoms. The summed E-state index contributed by atoms with van der Waals surface area (Å²) in [7, 11) is 0. The van der Waals surface area contributed by atoms with E-state index in [0.29, 0.717) is 0 Å². The van der Waals surface area contributed by atoms with Crippen molar-refractivity contribution in [2.24, 2.45) is 0 Å². The van der Waals surface area contributed by atoms with Crippen LogP contribution in [0.4, 0.5) is 8.78 Å². The Labute approximate surface area is 86.2 Å². The molecule has 0 amide bonds. The third kappa shape index (κ3) is 3.40. The normalized spacial score (nSPS) is 10.5. The molecule has 1 aromatic heterocycles. The summed E-state index contributed by atoms with van der Waals surface area (Å²) in [6, 6.07) is 0. The molecule has 1 heterocycles. The van der Waals surface area contributed by atoms with Crippen LogP contribution in [0.1, 0.15) is 0 Å². The molecule has 72 valence electrons. The quantitative estimate of drug-likeness (QED) is 0.849. The third-order valence-electron chi connectivity index (χ3n) is 1.02. The Bertz CT molecular complexity index is 300. The second kappa shape index (κ2) is 4.66. The summed E-state index contributed by atoms with van der Waals surface area (Å²) in [5, 5.41) is 0.163. The Morgan fingerprint density at radius 1 is 1.62 bits per heavy atom. The lowest BCUT2D eigenvalue weighted by Crippen LogP contribution is -2.08. The number of alkyl halides is 2. The minimum absolute atomic E-state index is 0.00435. The van der Waals surface area contributed by atoms with Crippen molar-refractivity contribution in [1.29, 1.82) is 0 Å². The lowest BCUT2D eigenvalue weighted by Gasteiger charge is -2.04. The summed E-state index contributed by atoms with van der Waals surface area (Å²) in [6.45, 7) is -0.713. The first-order chi connectivity index (χ1) is 6.09. The van der Waals surface area contributed by atoms with Crippen LogP contribution in [-0.4, -0.2) is 23.0 Å². The monoisotopic (exact) mass is 272 g/mol. The molecule has 0 aliphatic carbocycles. The smallest absolute Gasteiger partial charge is 0.272 e. The van der Waals surface area contributed by atoms with Crippen molar-refractivity contribution in [2.45, 2.75) is 6.43 Å². The van der Waals surface area contributed by atoms with Gasteiger partial charge in [-0.2, -0.15) is 0 Å². The molecule has 0 spiro atoms. The van der Waals surface area contributed by atoms with E-state index >= 15 is 0 Å². The van der Waals surface area contributed by atoms with E-state index < -0.39 is 13.0 Å². The number of halogens is 4. The summed E-state index contributed by atoms with van der Waals surface area (Å²) in [6.07, 6.45) is -1.32. The first-order valence-corrected chi connectivity index (χ1v) is 4.35. The average Bonchev–Trinajstić information content (AvgIpc) is 2.02. The zero-order valence-corrected chi connectivity index (χ0v) is 8.52. The molecule has 0 fully saturated rings. The van der Waals surface area contributed by atoms with Crippen LogP contribution in [0, 0.1) is 0 Å². The van der Waals surface area contributed by atoms with E-state index in [4.69, 9.17) is 11.6 Å². The Hall–Kier alpha value is -0.490. The van der Waals surface area contributed by atoms with E-state index in [1.807, 2.05) is 0 Å². The van der Waals surface area contributed by atoms with E-state index in [1.165, 1.54) is 6.20 Å². The number of nitrogens with zero attached hydrogens (tertiary/aromatic N) is 2. The van der Waals surface area contributed by atoms with Crippen LogP contribution in [0.25, 0.3) is 0 Å². The van der Waals surface area contributed by atoms with Crippen molar-refractivity contribution in [1.82, 2.24) is 9.97 Å². The van der Waals surface area contributed by atoms with Gasteiger partial charge in [-0.1, -0.05) is 11.6 Å². The molecule has 0 aliphatic rings. The molecule has 0 unspecified atom stereocenters. The van der Waals surface area contributed by atoms with Crippen molar-refractivity contribution in [3.63, 3.8) is 0 Å². The molecule has 0 aromatic carbocycles. The number of hydrogen-bond donors (Lipinski definition) is 0. The second-order valence-electron chi connectivity index (χ2n) is 1.99. The van der Waals surface area contributed by atoms with E-state index in [2.05, 4.69) is 30.6 Å². The summed E-state index contributed by atoms with van der Waals surface area (Å²) in [5.41, 5.74) is 0. The highest BCUT2D eigenvalue weighted by atomic mass is 79.9. The highest BCUT2D eigenvalue weighted by Gasteiger charge is 2.08. The summed E-state index contributed by atoms with van der Waals surface area (Å²) >= 11 is 8.44. The van der Waals surface area contributed by atoms with Crippen LogP contribution < -0.4 is 4.74 Å². The van der Waals surface area contributed by atoms with Gasteiger partial charge in [-0.05, 0) is 15.9 Å². The summed E-state index contributed by atoms with van der Waals surface area (Å²) in [4.78, 5) is 7.35. The lowest BCUT2D eigenvalue weighted by atomic mass is 10.7. The molecule has 0 radical (unpaired) electrons. The standard InChI is InChI=1S/C6H4BrClF2N2O/c7-5-6(13-2-4(9)10)11-1-3(8)12-5/h1,4H,2H2. The summed E-state index contributed by atoms with van der Waals surface area (Å²) in [5.74, 6) is 0.00435. The van der Waals surface area contributed by atoms with Crippen LogP contribution >= 0.6 is 27.5 Å². The van der Waals surface area contributed by atoms with Gasteiger partial charge >= 0.3 is 0 Å². The number of rotatable bonds is 3. The lowest BCUT2D eigenvalue weighted by molar-refractivity contribution is 0.0789. The van der Waals surface area contributed by atoms with E-state index in [1.54, 1.807) is 0 Å². The zero-order chi connectivity index (χ0) is 9.84. The second-order valence-corrected chi connectivity index (χ2v) is 3.13. The molecule has 1 rings (SSSR count). The average molecular weight is 273 g/mol. The van der Waals surface area contributed by atoms with Gasteiger partial charge in [0.2, 0.25) is 5.88 Å². The van der Waals surface area contributed by atoms with Gasteiger partial charge in [-0.3, -0.25) is 0 Å². The first kappa shape index (κ1) is 10.6. The minimum atomic E-state index is -2.54. The van der Waals surface area contributed by atoms with Crippen molar-refractivity contribution in [2.75, 3.05) is 6.61 Å². The topological polar surface area (TPSA) is 35.0 Å².